The van der Waals surface area contributed by atoms with Crippen LogP contribution in [0, 0.1) is 10.1 Å². The van der Waals surface area contributed by atoms with Gasteiger partial charge >= 0.3 is 0 Å². The number of nitro benzene ring substituents is 1. The Bertz CT molecular complexity index is 842. The first-order valence-corrected chi connectivity index (χ1v) is 8.58. The van der Waals surface area contributed by atoms with Crippen molar-refractivity contribution in [3.05, 3.63) is 85.4 Å². The first-order valence-electron chi connectivity index (χ1n) is 7.32. The Morgan fingerprint density at radius 3 is 2.72 bits per heavy atom. The van der Waals surface area contributed by atoms with Crippen molar-refractivity contribution >= 4 is 34.5 Å². The minimum absolute atomic E-state index is 0.00230. The molecule has 0 aliphatic rings. The smallest absolute Gasteiger partial charge is 0.283 e. The monoisotopic (exact) mass is 376 g/mol. The van der Waals surface area contributed by atoms with Gasteiger partial charge in [-0.15, -0.1) is 11.3 Å². The van der Waals surface area contributed by atoms with Crippen LogP contribution in [0.2, 0.25) is 5.02 Å². The lowest BCUT2D eigenvalue weighted by atomic mass is 10.1. The maximum Gasteiger partial charge on any atom is 0.283 e. The summed E-state index contributed by atoms with van der Waals surface area (Å²) in [4.78, 5) is 26.2. The summed E-state index contributed by atoms with van der Waals surface area (Å²) in [6.07, 6.45) is 1.52. The molecule has 0 saturated carbocycles. The second-order valence-electron chi connectivity index (χ2n) is 5.24. The molecule has 3 aromatic rings. The molecule has 6 nitrogen and oxygen atoms in total. The largest absolute Gasteiger partial charge is 0.467 e. The van der Waals surface area contributed by atoms with Crippen LogP contribution in [0.1, 0.15) is 21.0 Å². The first-order chi connectivity index (χ1) is 12.0. The van der Waals surface area contributed by atoms with Crippen LogP contribution in [0.5, 0.6) is 0 Å². The zero-order valence-electron chi connectivity index (χ0n) is 12.9. The number of thiophene rings is 1. The molecular weight excluding hydrogens is 364 g/mol. The molecule has 0 N–H and O–H groups in total. The fourth-order valence-electron chi connectivity index (χ4n) is 2.39. The van der Waals surface area contributed by atoms with Gasteiger partial charge in [0.15, 0.2) is 0 Å². The van der Waals surface area contributed by atoms with Gasteiger partial charge in [-0.3, -0.25) is 14.9 Å². The highest BCUT2D eigenvalue weighted by molar-refractivity contribution is 7.09. The predicted octanol–water partition coefficient (Wildman–Crippen LogP) is 4.75. The number of rotatable bonds is 6. The standard InChI is InChI=1S/C17H13ClN2O4S/c18-12-5-6-15(16(9-12)20(22)23)17(21)19(10-13-3-1-7-24-13)11-14-4-2-8-25-14/h1-9H,10-11H2. The van der Waals surface area contributed by atoms with Crippen molar-refractivity contribution in [3.8, 4) is 0 Å². The summed E-state index contributed by atoms with van der Waals surface area (Å²) < 4.78 is 5.32. The molecule has 3 rings (SSSR count). The van der Waals surface area contributed by atoms with Crippen LogP contribution in [0.25, 0.3) is 0 Å². The second-order valence-corrected chi connectivity index (χ2v) is 6.71. The summed E-state index contributed by atoms with van der Waals surface area (Å²) >= 11 is 7.34. The third kappa shape index (κ3) is 4.07. The van der Waals surface area contributed by atoms with Crippen molar-refractivity contribution < 1.29 is 14.1 Å². The lowest BCUT2D eigenvalue weighted by Crippen LogP contribution is -2.30. The molecule has 8 heteroatoms. The summed E-state index contributed by atoms with van der Waals surface area (Å²) in [6.45, 7) is 0.542. The highest BCUT2D eigenvalue weighted by atomic mass is 35.5. The number of amides is 1. The van der Waals surface area contributed by atoms with E-state index in [9.17, 15) is 14.9 Å². The summed E-state index contributed by atoms with van der Waals surface area (Å²) in [5.41, 5.74) is -0.314. The molecule has 0 bridgehead atoms. The van der Waals surface area contributed by atoms with Gasteiger partial charge in [0, 0.05) is 16.0 Å². The molecule has 0 saturated heterocycles. The van der Waals surface area contributed by atoms with Crippen molar-refractivity contribution in [2.45, 2.75) is 13.1 Å². The molecule has 0 unspecified atom stereocenters. The Morgan fingerprint density at radius 2 is 2.08 bits per heavy atom. The zero-order chi connectivity index (χ0) is 17.8. The van der Waals surface area contributed by atoms with Crippen molar-refractivity contribution in [3.63, 3.8) is 0 Å². The zero-order valence-corrected chi connectivity index (χ0v) is 14.5. The average Bonchev–Trinajstić information content (AvgIpc) is 3.27. The average molecular weight is 377 g/mol. The van der Waals surface area contributed by atoms with Gasteiger partial charge in [-0.1, -0.05) is 17.7 Å². The quantitative estimate of drug-likeness (QED) is 0.459. The van der Waals surface area contributed by atoms with E-state index in [0.29, 0.717) is 12.3 Å². The molecule has 1 amide bonds. The lowest BCUT2D eigenvalue weighted by molar-refractivity contribution is -0.385. The summed E-state index contributed by atoms with van der Waals surface area (Å²) in [6, 6.07) is 11.3. The molecule has 0 radical (unpaired) electrons. The Balaban J connectivity index is 1.94. The van der Waals surface area contributed by atoms with Crippen LogP contribution in [0.3, 0.4) is 0 Å². The Morgan fingerprint density at radius 1 is 1.24 bits per heavy atom. The van der Waals surface area contributed by atoms with Crippen molar-refractivity contribution in [1.82, 2.24) is 4.90 Å². The van der Waals surface area contributed by atoms with Crippen LogP contribution < -0.4 is 0 Å². The van der Waals surface area contributed by atoms with Gasteiger partial charge in [-0.25, -0.2) is 0 Å². The second kappa shape index (κ2) is 7.50. The summed E-state index contributed by atoms with van der Waals surface area (Å²) in [7, 11) is 0. The van der Waals surface area contributed by atoms with Crippen molar-refractivity contribution in [1.29, 1.82) is 0 Å². The maximum absolute atomic E-state index is 13.0. The van der Waals surface area contributed by atoms with Gasteiger partial charge in [0.05, 0.1) is 24.3 Å². The van der Waals surface area contributed by atoms with Gasteiger partial charge in [-0.05, 0) is 35.7 Å². The van der Waals surface area contributed by atoms with Crippen molar-refractivity contribution in [2.75, 3.05) is 0 Å². The number of furan rings is 1. The van der Waals surface area contributed by atoms with Crippen LogP contribution in [0.15, 0.2) is 58.5 Å². The highest BCUT2D eigenvalue weighted by Crippen LogP contribution is 2.26. The Labute approximate surface area is 152 Å². The van der Waals surface area contributed by atoms with Crippen LogP contribution in [0.4, 0.5) is 5.69 Å². The SMILES string of the molecule is O=C(c1ccc(Cl)cc1[N+](=O)[O-])N(Cc1ccco1)Cc1cccs1. The number of carbonyl (C=O) groups is 1. The van der Waals surface area contributed by atoms with E-state index < -0.39 is 10.8 Å². The number of nitrogens with zero attached hydrogens (tertiary/aromatic N) is 2. The molecule has 2 aromatic heterocycles. The molecule has 0 spiro atoms. The third-order valence-corrected chi connectivity index (χ3v) is 4.62. The maximum atomic E-state index is 13.0. The first kappa shape index (κ1) is 17.2. The van der Waals surface area contributed by atoms with Gasteiger partial charge in [0.1, 0.15) is 11.3 Å². The van der Waals surface area contributed by atoms with Gasteiger partial charge in [-0.2, -0.15) is 0 Å². The molecule has 0 fully saturated rings. The molecule has 2 heterocycles. The lowest BCUT2D eigenvalue weighted by Gasteiger charge is -2.21. The van der Waals surface area contributed by atoms with Crippen LogP contribution in [-0.2, 0) is 13.1 Å². The van der Waals surface area contributed by atoms with E-state index in [-0.39, 0.29) is 22.8 Å². The van der Waals surface area contributed by atoms with E-state index in [2.05, 4.69) is 0 Å². The van der Waals surface area contributed by atoms with E-state index in [1.807, 2.05) is 17.5 Å². The van der Waals surface area contributed by atoms with E-state index in [4.69, 9.17) is 16.0 Å². The van der Waals surface area contributed by atoms with E-state index in [1.54, 1.807) is 12.1 Å². The van der Waals surface area contributed by atoms with Crippen molar-refractivity contribution in [2.24, 2.45) is 0 Å². The number of carbonyl (C=O) groups excluding carboxylic acids is 1. The van der Waals surface area contributed by atoms with Crippen LogP contribution >= 0.6 is 22.9 Å². The fourth-order valence-corrected chi connectivity index (χ4v) is 3.27. The minimum atomic E-state index is -0.602. The number of halogens is 1. The molecular formula is C17H13ClN2O4S. The van der Waals surface area contributed by atoms with E-state index in [1.165, 1.54) is 40.7 Å². The molecule has 0 aliphatic heterocycles. The van der Waals surface area contributed by atoms with Gasteiger partial charge in [0.2, 0.25) is 0 Å². The molecule has 0 atom stereocenters. The van der Waals surface area contributed by atoms with E-state index in [0.717, 1.165) is 4.88 Å². The molecule has 128 valence electrons. The number of benzene rings is 1. The van der Waals surface area contributed by atoms with Gasteiger partial charge < -0.3 is 9.32 Å². The Hall–Kier alpha value is -2.64. The predicted molar refractivity (Wildman–Crippen MR) is 94.7 cm³/mol. The van der Waals surface area contributed by atoms with Gasteiger partial charge in [0.25, 0.3) is 11.6 Å². The highest BCUT2D eigenvalue weighted by Gasteiger charge is 2.26. The number of hydrogen-bond acceptors (Lipinski definition) is 5. The third-order valence-electron chi connectivity index (χ3n) is 3.53. The number of hydrogen-bond donors (Lipinski definition) is 0. The molecule has 25 heavy (non-hydrogen) atoms. The number of nitro groups is 1. The normalized spacial score (nSPS) is 10.6. The van der Waals surface area contributed by atoms with Crippen LogP contribution in [-0.4, -0.2) is 15.7 Å². The fraction of sp³-hybridized carbons (Fsp3) is 0.118. The Kier molecular flexibility index (Phi) is 5.16. The summed E-state index contributed by atoms with van der Waals surface area (Å²) in [5, 5.41) is 13.4. The minimum Gasteiger partial charge on any atom is -0.467 e. The summed E-state index contributed by atoms with van der Waals surface area (Å²) in [5.74, 6) is 0.148. The molecule has 0 aliphatic carbocycles. The topological polar surface area (TPSA) is 76.6 Å². The van der Waals surface area contributed by atoms with E-state index >= 15 is 0 Å². The molecule has 1 aromatic carbocycles.